The van der Waals surface area contributed by atoms with Crippen LogP contribution in [0.25, 0.3) is 0 Å². The lowest BCUT2D eigenvalue weighted by Crippen LogP contribution is -2.44. The molecule has 0 saturated heterocycles. The van der Waals surface area contributed by atoms with E-state index in [1.54, 1.807) is 0 Å². The lowest BCUT2D eigenvalue weighted by Gasteiger charge is -2.47. The van der Waals surface area contributed by atoms with Gasteiger partial charge in [-0.3, -0.25) is 0 Å². The Hall–Kier alpha value is -3.78. The van der Waals surface area contributed by atoms with Crippen LogP contribution in [-0.2, 0) is 21.7 Å². The first-order valence-corrected chi connectivity index (χ1v) is 20.0. The van der Waals surface area contributed by atoms with Crippen LogP contribution in [0, 0.1) is 11.8 Å². The molecule has 5 unspecified atom stereocenters. The van der Waals surface area contributed by atoms with E-state index in [9.17, 15) is 0 Å². The molecule has 8 aliphatic rings. The lowest BCUT2D eigenvalue weighted by atomic mass is 9.56. The first-order chi connectivity index (χ1) is 24.3. The Bertz CT molecular complexity index is 1720. The molecule has 8 aliphatic heterocycles. The summed E-state index contributed by atoms with van der Waals surface area (Å²) in [5.41, 5.74) is 12.2. The van der Waals surface area contributed by atoms with Gasteiger partial charge in [-0.05, 0) is 116 Å². The van der Waals surface area contributed by atoms with E-state index < -0.39 is 0 Å². The molecule has 12 rings (SSSR count). The van der Waals surface area contributed by atoms with Gasteiger partial charge in [0.05, 0.1) is 0 Å². The number of anilines is 4. The molecule has 4 aromatic rings. The fourth-order valence-electron chi connectivity index (χ4n) is 10.2. The lowest BCUT2D eigenvalue weighted by molar-refractivity contribution is 0.235. The van der Waals surface area contributed by atoms with Gasteiger partial charge in [-0.25, -0.2) is 0 Å². The second-order valence-electron chi connectivity index (χ2n) is 16.7. The zero-order chi connectivity index (χ0) is 36.9. The Balaban J connectivity index is 1.41. The predicted molar refractivity (Wildman–Crippen MR) is 222 cm³/mol. The summed E-state index contributed by atoms with van der Waals surface area (Å²) in [6, 6.07) is 38.5. The second kappa shape index (κ2) is 13.6. The maximum absolute atomic E-state index is 2.59. The number of nitrogens with zero attached hydrogens (tertiary/aromatic N) is 2. The Morgan fingerprint density at radius 2 is 0.765 bits per heavy atom. The average molecular weight is 681 g/mol. The summed E-state index contributed by atoms with van der Waals surface area (Å²) in [7, 11) is 0. The summed E-state index contributed by atoms with van der Waals surface area (Å²) in [4.78, 5) is 5.11. The highest BCUT2D eigenvalue weighted by molar-refractivity contribution is 5.71. The summed E-state index contributed by atoms with van der Waals surface area (Å²) in [6.45, 7) is 28.9. The minimum absolute atomic E-state index is 0.0291. The van der Waals surface area contributed by atoms with Crippen molar-refractivity contribution in [2.45, 2.75) is 136 Å². The van der Waals surface area contributed by atoms with Gasteiger partial charge in [0.1, 0.15) is 0 Å². The largest absolute Gasteiger partial charge is 0.338 e. The zero-order valence-corrected chi connectivity index (χ0v) is 33.8. The molecular formula is C49H64N2. The van der Waals surface area contributed by atoms with Crippen LogP contribution in [0.5, 0.6) is 0 Å². The molecule has 2 nitrogen and oxygen atoms in total. The van der Waals surface area contributed by atoms with Crippen molar-refractivity contribution in [1.29, 1.82) is 0 Å². The van der Waals surface area contributed by atoms with Crippen molar-refractivity contribution in [2.75, 3.05) is 9.80 Å². The molecule has 4 aromatic carbocycles. The van der Waals surface area contributed by atoms with E-state index in [2.05, 4.69) is 196 Å². The van der Waals surface area contributed by atoms with Gasteiger partial charge in [0.2, 0.25) is 0 Å². The molecule has 0 amide bonds. The molecule has 0 aromatic heterocycles. The van der Waals surface area contributed by atoms with Crippen molar-refractivity contribution >= 4 is 22.7 Å². The quantitative estimate of drug-likeness (QED) is 0.174. The van der Waals surface area contributed by atoms with Crippen LogP contribution in [0.1, 0.15) is 131 Å². The summed E-state index contributed by atoms with van der Waals surface area (Å²) in [6.07, 6.45) is 6.72. The highest BCUT2D eigenvalue weighted by Gasteiger charge is 2.46. The van der Waals surface area contributed by atoms with Crippen LogP contribution in [-0.4, -0.2) is 6.04 Å². The van der Waals surface area contributed by atoms with Crippen molar-refractivity contribution in [2.24, 2.45) is 11.8 Å². The highest BCUT2D eigenvalue weighted by Crippen LogP contribution is 2.52. The van der Waals surface area contributed by atoms with E-state index in [0.717, 1.165) is 25.7 Å². The summed E-state index contributed by atoms with van der Waals surface area (Å²) < 4.78 is 0. The normalized spacial score (nSPS) is 27.6. The fraction of sp³-hybridized carbons (Fsp3) is 0.469. The molecule has 270 valence electrons. The van der Waals surface area contributed by atoms with Gasteiger partial charge in [0, 0.05) is 62.1 Å². The molecule has 0 aliphatic carbocycles. The standard InChI is InChI=1S/C49H64N2/c1-13-45(51-43-30-22-39(23-31-43)48(11,16-4)49(12,17-5)40-24-32-44(51)33-25-40)35(7)34(6)36(8)50-41-26-18-37(19-27-41)46(9,14-2)47(10,15-3)38-20-28-42(50)29-21-38/h13,18-36H,14-17H2,1-12H3/b45-13+/t34-,35?,36+,46?,47?,48?,49?/m1/s1. The maximum Gasteiger partial charge on any atom is 0.0458 e. The molecule has 0 N–H and O–H groups in total. The van der Waals surface area contributed by atoms with Gasteiger partial charge >= 0.3 is 0 Å². The van der Waals surface area contributed by atoms with Crippen molar-refractivity contribution in [3.8, 4) is 0 Å². The second-order valence-corrected chi connectivity index (χ2v) is 16.7. The van der Waals surface area contributed by atoms with Gasteiger partial charge in [-0.2, -0.15) is 0 Å². The number of rotatable bonds is 9. The van der Waals surface area contributed by atoms with E-state index in [4.69, 9.17) is 0 Å². The molecule has 8 bridgehead atoms. The van der Waals surface area contributed by atoms with Crippen LogP contribution in [0.15, 0.2) is 109 Å². The number of hydrogen-bond acceptors (Lipinski definition) is 2. The van der Waals surface area contributed by atoms with Gasteiger partial charge in [-0.15, -0.1) is 0 Å². The molecule has 0 fully saturated rings. The molecule has 0 saturated carbocycles. The van der Waals surface area contributed by atoms with Crippen LogP contribution < -0.4 is 9.80 Å². The average Bonchev–Trinajstić information content (AvgIpc) is 3.24. The maximum atomic E-state index is 2.59. The molecule has 0 radical (unpaired) electrons. The third-order valence-electron chi connectivity index (χ3n) is 15.3. The van der Waals surface area contributed by atoms with E-state index in [-0.39, 0.29) is 33.6 Å². The SMILES string of the molecule is C/C=C(\C(C)[C@@H](C)[C@H](C)N1c2ccc(cc2)C(C)(CC)C(C)(CC)c2ccc1cc2)N1c2ccc(cc2)C(C)(CC)C(C)(CC)c2ccc1cc2. The van der Waals surface area contributed by atoms with Gasteiger partial charge in [-0.1, -0.05) is 124 Å². The van der Waals surface area contributed by atoms with Gasteiger partial charge < -0.3 is 9.80 Å². The van der Waals surface area contributed by atoms with Crippen molar-refractivity contribution in [3.63, 3.8) is 0 Å². The van der Waals surface area contributed by atoms with Gasteiger partial charge in [0.25, 0.3) is 0 Å². The highest BCUT2D eigenvalue weighted by atomic mass is 15.2. The third-order valence-corrected chi connectivity index (χ3v) is 15.3. The molecule has 8 heterocycles. The van der Waals surface area contributed by atoms with Crippen LogP contribution in [0.4, 0.5) is 22.7 Å². The Kier molecular flexibility index (Phi) is 9.90. The smallest absolute Gasteiger partial charge is 0.0458 e. The minimum atomic E-state index is 0.0291. The summed E-state index contributed by atoms with van der Waals surface area (Å²) >= 11 is 0. The molecule has 0 spiro atoms. The molecule has 51 heavy (non-hydrogen) atoms. The van der Waals surface area contributed by atoms with Crippen LogP contribution in [0.2, 0.25) is 0 Å². The summed E-state index contributed by atoms with van der Waals surface area (Å²) in [5, 5.41) is 0. The summed E-state index contributed by atoms with van der Waals surface area (Å²) in [5.74, 6) is 0.616. The molecule has 2 heteroatoms. The zero-order valence-electron chi connectivity index (χ0n) is 33.8. The van der Waals surface area contributed by atoms with Crippen molar-refractivity contribution < 1.29 is 0 Å². The Labute approximate surface area is 311 Å². The van der Waals surface area contributed by atoms with E-state index >= 15 is 0 Å². The monoisotopic (exact) mass is 681 g/mol. The van der Waals surface area contributed by atoms with Crippen molar-refractivity contribution in [1.82, 2.24) is 0 Å². The minimum Gasteiger partial charge on any atom is -0.338 e. The first-order valence-electron chi connectivity index (χ1n) is 20.0. The Morgan fingerprint density at radius 3 is 1.02 bits per heavy atom. The predicted octanol–water partition coefficient (Wildman–Crippen LogP) is 13.9. The van der Waals surface area contributed by atoms with Crippen LogP contribution in [0.3, 0.4) is 0 Å². The molecule has 7 atom stereocenters. The molecular weight excluding hydrogens is 617 g/mol. The van der Waals surface area contributed by atoms with E-state index in [1.165, 1.54) is 50.7 Å². The van der Waals surface area contributed by atoms with E-state index in [0.29, 0.717) is 5.92 Å². The van der Waals surface area contributed by atoms with Gasteiger partial charge in [0.15, 0.2) is 0 Å². The first kappa shape index (κ1) is 37.0. The topological polar surface area (TPSA) is 6.48 Å². The van der Waals surface area contributed by atoms with E-state index in [1.807, 2.05) is 0 Å². The number of allylic oxidation sites excluding steroid dienone is 2. The van der Waals surface area contributed by atoms with Crippen LogP contribution >= 0.6 is 0 Å². The number of hydrogen-bond donors (Lipinski definition) is 0. The number of benzene rings is 4. The fourth-order valence-corrected chi connectivity index (χ4v) is 10.2. The Morgan fingerprint density at radius 1 is 0.490 bits per heavy atom. The van der Waals surface area contributed by atoms with Crippen molar-refractivity contribution in [3.05, 3.63) is 131 Å². The third kappa shape index (κ3) is 5.50.